The Bertz CT molecular complexity index is 397. The Balaban J connectivity index is 2.02. The summed E-state index contributed by atoms with van der Waals surface area (Å²) in [6.07, 6.45) is 1.23. The Morgan fingerprint density at radius 2 is 2.28 bits per heavy atom. The first kappa shape index (κ1) is 13.4. The van der Waals surface area contributed by atoms with Crippen LogP contribution in [0.4, 0.5) is 0 Å². The average Bonchev–Trinajstić information content (AvgIpc) is 2.90. The van der Waals surface area contributed by atoms with Gasteiger partial charge in [0.1, 0.15) is 0 Å². The first-order valence-corrected chi connectivity index (χ1v) is 7.55. The van der Waals surface area contributed by atoms with Gasteiger partial charge in [-0.3, -0.25) is 4.99 Å². The zero-order chi connectivity index (χ0) is 13.1. The Kier molecular flexibility index (Phi) is 4.27. The van der Waals surface area contributed by atoms with Crippen molar-refractivity contribution in [2.75, 3.05) is 6.54 Å². The van der Waals surface area contributed by atoms with E-state index in [4.69, 9.17) is 5.73 Å². The molecular weight excluding hydrogens is 242 g/mol. The number of thiophene rings is 1. The Hall–Kier alpha value is -1.03. The van der Waals surface area contributed by atoms with Crippen LogP contribution in [0.2, 0.25) is 0 Å². The van der Waals surface area contributed by atoms with Crippen molar-refractivity contribution >= 4 is 17.3 Å². The van der Waals surface area contributed by atoms with E-state index in [-0.39, 0.29) is 0 Å². The predicted molar refractivity (Wildman–Crippen MR) is 78.8 cm³/mol. The zero-order valence-corrected chi connectivity index (χ0v) is 12.3. The lowest BCUT2D eigenvalue weighted by Crippen LogP contribution is -2.43. The maximum atomic E-state index is 6.04. The summed E-state index contributed by atoms with van der Waals surface area (Å²) in [4.78, 5) is 8.07. The molecule has 2 heterocycles. The first-order chi connectivity index (χ1) is 8.58. The fraction of sp³-hybridized carbons (Fsp3) is 0.643. The lowest BCUT2D eigenvalue weighted by molar-refractivity contribution is 0.232. The van der Waals surface area contributed by atoms with Crippen LogP contribution in [0.25, 0.3) is 0 Å². The lowest BCUT2D eigenvalue weighted by Gasteiger charge is -2.31. The molecule has 4 heteroatoms. The second-order valence-electron chi connectivity index (χ2n) is 5.58. The molecule has 0 aromatic carbocycles. The van der Waals surface area contributed by atoms with Crippen LogP contribution in [0.15, 0.2) is 22.5 Å². The van der Waals surface area contributed by atoms with Crippen LogP contribution in [0.1, 0.15) is 32.1 Å². The molecule has 0 saturated heterocycles. The molecule has 3 nitrogen and oxygen atoms in total. The van der Waals surface area contributed by atoms with Gasteiger partial charge < -0.3 is 10.6 Å². The molecule has 0 saturated carbocycles. The molecule has 1 aliphatic heterocycles. The standard InChI is InChI=1S/C14H23N3S/c1-10(2)7-11(3)13-8-16-14(15)17(13)9-12-5-4-6-18-12/h4-6,10-11,13H,7-9H2,1-3H3,(H2,15,16). The maximum Gasteiger partial charge on any atom is 0.191 e. The van der Waals surface area contributed by atoms with E-state index < -0.39 is 0 Å². The maximum absolute atomic E-state index is 6.04. The molecule has 0 amide bonds. The smallest absolute Gasteiger partial charge is 0.191 e. The van der Waals surface area contributed by atoms with Crippen LogP contribution < -0.4 is 5.73 Å². The minimum absolute atomic E-state index is 0.467. The largest absolute Gasteiger partial charge is 0.370 e. The van der Waals surface area contributed by atoms with Crippen LogP contribution in [-0.2, 0) is 6.54 Å². The van der Waals surface area contributed by atoms with Crippen LogP contribution in [0.5, 0.6) is 0 Å². The zero-order valence-electron chi connectivity index (χ0n) is 11.5. The molecule has 0 fully saturated rings. The van der Waals surface area contributed by atoms with E-state index in [2.05, 4.69) is 48.2 Å². The molecule has 0 spiro atoms. The lowest BCUT2D eigenvalue weighted by atomic mass is 9.91. The van der Waals surface area contributed by atoms with Crippen molar-refractivity contribution < 1.29 is 0 Å². The molecule has 100 valence electrons. The molecular formula is C14H23N3S. The van der Waals surface area contributed by atoms with Gasteiger partial charge >= 0.3 is 0 Å². The van der Waals surface area contributed by atoms with E-state index in [1.807, 2.05) is 0 Å². The van der Waals surface area contributed by atoms with E-state index in [1.54, 1.807) is 11.3 Å². The SMILES string of the molecule is CC(C)CC(C)C1CN=C(N)N1Cc1cccs1. The molecule has 1 aliphatic rings. The van der Waals surface area contributed by atoms with Gasteiger partial charge in [0.2, 0.25) is 0 Å². The topological polar surface area (TPSA) is 41.6 Å². The minimum atomic E-state index is 0.467. The minimum Gasteiger partial charge on any atom is -0.370 e. The van der Waals surface area contributed by atoms with Gasteiger partial charge in [-0.05, 0) is 29.7 Å². The second-order valence-corrected chi connectivity index (χ2v) is 6.61. The molecule has 2 unspecified atom stereocenters. The van der Waals surface area contributed by atoms with Gasteiger partial charge in [-0.2, -0.15) is 0 Å². The molecule has 1 aromatic rings. The summed E-state index contributed by atoms with van der Waals surface area (Å²) >= 11 is 1.79. The van der Waals surface area contributed by atoms with Gasteiger partial charge in [-0.15, -0.1) is 11.3 Å². The van der Waals surface area contributed by atoms with Crippen LogP contribution in [0.3, 0.4) is 0 Å². The van der Waals surface area contributed by atoms with E-state index in [0.29, 0.717) is 17.9 Å². The van der Waals surface area contributed by atoms with E-state index in [1.165, 1.54) is 11.3 Å². The van der Waals surface area contributed by atoms with Crippen molar-refractivity contribution in [3.8, 4) is 0 Å². The highest BCUT2D eigenvalue weighted by Crippen LogP contribution is 2.25. The number of hydrogen-bond acceptors (Lipinski definition) is 4. The number of guanidine groups is 1. The van der Waals surface area contributed by atoms with Gasteiger partial charge in [0.15, 0.2) is 5.96 Å². The summed E-state index contributed by atoms with van der Waals surface area (Å²) < 4.78 is 0. The van der Waals surface area contributed by atoms with Crippen LogP contribution >= 0.6 is 11.3 Å². The highest BCUT2D eigenvalue weighted by Gasteiger charge is 2.30. The molecule has 18 heavy (non-hydrogen) atoms. The Morgan fingerprint density at radius 1 is 1.50 bits per heavy atom. The average molecular weight is 265 g/mol. The van der Waals surface area contributed by atoms with Crippen molar-refractivity contribution in [3.05, 3.63) is 22.4 Å². The van der Waals surface area contributed by atoms with Gasteiger partial charge in [-0.25, -0.2) is 0 Å². The van der Waals surface area contributed by atoms with Crippen molar-refractivity contribution in [1.29, 1.82) is 0 Å². The van der Waals surface area contributed by atoms with Gasteiger partial charge in [0.05, 0.1) is 19.1 Å². The number of nitrogens with two attached hydrogens (primary N) is 1. The fourth-order valence-corrected chi connectivity index (χ4v) is 3.41. The number of hydrogen-bond donors (Lipinski definition) is 1. The fourth-order valence-electron chi connectivity index (χ4n) is 2.70. The quantitative estimate of drug-likeness (QED) is 0.889. The molecule has 2 N–H and O–H groups in total. The van der Waals surface area contributed by atoms with E-state index in [0.717, 1.165) is 19.0 Å². The predicted octanol–water partition coefficient (Wildman–Crippen LogP) is 2.93. The van der Waals surface area contributed by atoms with Crippen molar-refractivity contribution in [2.24, 2.45) is 22.6 Å². The highest BCUT2D eigenvalue weighted by molar-refractivity contribution is 7.09. The van der Waals surface area contributed by atoms with Gasteiger partial charge in [0.25, 0.3) is 0 Å². The van der Waals surface area contributed by atoms with Crippen LogP contribution in [-0.4, -0.2) is 23.4 Å². The number of rotatable bonds is 5. The van der Waals surface area contributed by atoms with Crippen LogP contribution in [0, 0.1) is 11.8 Å². The number of aliphatic imine (C=N–C) groups is 1. The van der Waals surface area contributed by atoms with E-state index >= 15 is 0 Å². The highest BCUT2D eigenvalue weighted by atomic mass is 32.1. The normalized spacial score (nSPS) is 21.4. The Labute approximate surface area is 114 Å². The van der Waals surface area contributed by atoms with Crippen molar-refractivity contribution in [2.45, 2.75) is 39.8 Å². The van der Waals surface area contributed by atoms with E-state index in [9.17, 15) is 0 Å². The molecule has 1 aromatic heterocycles. The van der Waals surface area contributed by atoms with Gasteiger partial charge in [0, 0.05) is 4.88 Å². The third-order valence-corrected chi connectivity index (χ3v) is 4.40. The Morgan fingerprint density at radius 3 is 2.89 bits per heavy atom. The molecule has 0 radical (unpaired) electrons. The third-order valence-electron chi connectivity index (χ3n) is 3.54. The summed E-state index contributed by atoms with van der Waals surface area (Å²) in [5.74, 6) is 2.07. The van der Waals surface area contributed by atoms with Gasteiger partial charge in [-0.1, -0.05) is 26.8 Å². The second kappa shape index (κ2) is 5.74. The summed E-state index contributed by atoms with van der Waals surface area (Å²) in [5, 5.41) is 2.12. The third kappa shape index (κ3) is 3.05. The first-order valence-electron chi connectivity index (χ1n) is 6.67. The molecule has 0 bridgehead atoms. The number of nitrogens with zero attached hydrogens (tertiary/aromatic N) is 2. The van der Waals surface area contributed by atoms with Crippen molar-refractivity contribution in [1.82, 2.24) is 4.90 Å². The van der Waals surface area contributed by atoms with Crippen molar-refractivity contribution in [3.63, 3.8) is 0 Å². The summed E-state index contributed by atoms with van der Waals surface area (Å²) in [6, 6.07) is 4.73. The molecule has 2 rings (SSSR count). The summed E-state index contributed by atoms with van der Waals surface area (Å²) in [5.41, 5.74) is 6.04. The monoisotopic (exact) mass is 265 g/mol. The molecule has 0 aliphatic carbocycles. The summed E-state index contributed by atoms with van der Waals surface area (Å²) in [7, 11) is 0. The molecule has 2 atom stereocenters. The summed E-state index contributed by atoms with van der Waals surface area (Å²) in [6.45, 7) is 8.63.